The van der Waals surface area contributed by atoms with Crippen molar-refractivity contribution < 1.29 is 19.0 Å². The maximum atomic E-state index is 13.8. The Morgan fingerprint density at radius 2 is 1.66 bits per heavy atom. The molecule has 1 amide bonds. The standard InChI is InChI=1S/C27H26N4O4/c1-33-21-9-5-8-20(16-21)22-17-24(26(32)30-12-10-27(11-13-30)34-14-15-35-27)31-25(28-22)18-23(29-31)19-6-3-2-4-7-19/h2-9,16-18H,10-15H2,1H3. The highest BCUT2D eigenvalue weighted by Crippen LogP contribution is 2.32. The van der Waals surface area contributed by atoms with Crippen LogP contribution in [0, 0.1) is 0 Å². The van der Waals surface area contributed by atoms with Crippen LogP contribution in [0.3, 0.4) is 0 Å². The molecule has 2 saturated heterocycles. The zero-order chi connectivity index (χ0) is 23.8. The van der Waals surface area contributed by atoms with Gasteiger partial charge in [0, 0.05) is 43.1 Å². The molecule has 8 heteroatoms. The van der Waals surface area contributed by atoms with E-state index in [2.05, 4.69) is 0 Å². The Labute approximate surface area is 203 Å². The molecule has 2 fully saturated rings. The summed E-state index contributed by atoms with van der Waals surface area (Å²) in [5.74, 6) is 0.105. The molecule has 2 aliphatic heterocycles. The Balaban J connectivity index is 1.42. The van der Waals surface area contributed by atoms with E-state index in [4.69, 9.17) is 24.3 Å². The van der Waals surface area contributed by atoms with Crippen molar-refractivity contribution in [3.8, 4) is 28.3 Å². The van der Waals surface area contributed by atoms with E-state index in [1.54, 1.807) is 11.6 Å². The number of nitrogens with zero attached hydrogens (tertiary/aromatic N) is 4. The number of amides is 1. The molecule has 0 N–H and O–H groups in total. The van der Waals surface area contributed by atoms with E-state index in [0.717, 1.165) is 22.6 Å². The van der Waals surface area contributed by atoms with Gasteiger partial charge in [0.05, 0.1) is 31.7 Å². The average molecular weight is 471 g/mol. The summed E-state index contributed by atoms with van der Waals surface area (Å²) in [6.07, 6.45) is 1.31. The van der Waals surface area contributed by atoms with Crippen molar-refractivity contribution in [1.82, 2.24) is 19.5 Å². The number of carbonyl (C=O) groups is 1. The Kier molecular flexibility index (Phi) is 5.47. The first kappa shape index (κ1) is 21.8. The van der Waals surface area contributed by atoms with E-state index in [-0.39, 0.29) is 5.91 Å². The van der Waals surface area contributed by atoms with E-state index in [1.165, 1.54) is 0 Å². The van der Waals surface area contributed by atoms with Crippen LogP contribution in [-0.2, 0) is 9.47 Å². The largest absolute Gasteiger partial charge is 0.497 e. The third-order valence-electron chi connectivity index (χ3n) is 6.71. The van der Waals surface area contributed by atoms with Gasteiger partial charge < -0.3 is 19.1 Å². The number of ether oxygens (including phenoxy) is 3. The zero-order valence-corrected chi connectivity index (χ0v) is 19.5. The molecule has 2 aliphatic rings. The van der Waals surface area contributed by atoms with Crippen LogP contribution in [0.25, 0.3) is 28.2 Å². The van der Waals surface area contributed by atoms with Crippen LogP contribution in [-0.4, -0.2) is 64.6 Å². The van der Waals surface area contributed by atoms with Gasteiger partial charge in [0.2, 0.25) is 0 Å². The lowest BCUT2D eigenvalue weighted by Gasteiger charge is -2.37. The molecule has 0 atom stereocenters. The Bertz CT molecular complexity index is 1370. The predicted octanol–water partition coefficient (Wildman–Crippen LogP) is 4.05. The summed E-state index contributed by atoms with van der Waals surface area (Å²) < 4.78 is 18.7. The van der Waals surface area contributed by atoms with Crippen molar-refractivity contribution in [3.63, 3.8) is 0 Å². The number of fused-ring (bicyclic) bond motifs is 1. The van der Waals surface area contributed by atoms with Crippen LogP contribution < -0.4 is 4.74 Å². The van der Waals surface area contributed by atoms with E-state index in [0.29, 0.717) is 56.2 Å². The highest BCUT2D eigenvalue weighted by Gasteiger charge is 2.41. The zero-order valence-electron chi connectivity index (χ0n) is 19.5. The van der Waals surface area contributed by atoms with E-state index < -0.39 is 5.79 Å². The smallest absolute Gasteiger partial charge is 0.272 e. The van der Waals surface area contributed by atoms with E-state index >= 15 is 0 Å². The molecule has 178 valence electrons. The molecule has 4 aromatic rings. The second-order valence-corrected chi connectivity index (χ2v) is 8.82. The molecular weight excluding hydrogens is 444 g/mol. The van der Waals surface area contributed by atoms with Crippen LogP contribution >= 0.6 is 0 Å². The first-order valence-corrected chi connectivity index (χ1v) is 11.8. The number of piperidine rings is 1. The summed E-state index contributed by atoms with van der Waals surface area (Å²) in [6.45, 7) is 2.34. The lowest BCUT2D eigenvalue weighted by atomic mass is 10.0. The summed E-state index contributed by atoms with van der Waals surface area (Å²) in [6, 6.07) is 21.3. The molecular formula is C27H26N4O4. The molecule has 2 aromatic carbocycles. The summed E-state index contributed by atoms with van der Waals surface area (Å²) in [5.41, 5.74) is 4.38. The van der Waals surface area contributed by atoms with Crippen molar-refractivity contribution in [2.24, 2.45) is 0 Å². The van der Waals surface area contributed by atoms with Crippen LogP contribution in [0.15, 0.2) is 66.7 Å². The number of methoxy groups -OCH3 is 1. The van der Waals surface area contributed by atoms with Gasteiger partial charge in [-0.05, 0) is 18.2 Å². The number of benzene rings is 2. The molecule has 1 spiro atoms. The van der Waals surface area contributed by atoms with Crippen molar-refractivity contribution >= 4 is 11.6 Å². The fourth-order valence-corrected chi connectivity index (χ4v) is 4.81. The second kappa shape index (κ2) is 8.79. The van der Waals surface area contributed by atoms with Gasteiger partial charge >= 0.3 is 0 Å². The molecule has 0 saturated carbocycles. The van der Waals surface area contributed by atoms with Crippen LogP contribution in [0.5, 0.6) is 5.75 Å². The summed E-state index contributed by atoms with van der Waals surface area (Å²) >= 11 is 0. The lowest BCUT2D eigenvalue weighted by Crippen LogP contribution is -2.47. The Morgan fingerprint density at radius 3 is 2.40 bits per heavy atom. The highest BCUT2D eigenvalue weighted by atomic mass is 16.7. The third kappa shape index (κ3) is 4.05. The predicted molar refractivity (Wildman–Crippen MR) is 130 cm³/mol. The monoisotopic (exact) mass is 470 g/mol. The van der Waals surface area contributed by atoms with Gasteiger partial charge in [-0.3, -0.25) is 4.79 Å². The first-order valence-electron chi connectivity index (χ1n) is 11.8. The SMILES string of the molecule is COc1cccc(-c2cc(C(=O)N3CCC4(CC3)OCCO4)n3nc(-c4ccccc4)cc3n2)c1. The van der Waals surface area contributed by atoms with Crippen molar-refractivity contribution in [2.75, 3.05) is 33.4 Å². The molecule has 2 aromatic heterocycles. The molecule has 0 aliphatic carbocycles. The van der Waals surface area contributed by atoms with Gasteiger partial charge in [0.25, 0.3) is 5.91 Å². The molecule has 0 radical (unpaired) electrons. The van der Waals surface area contributed by atoms with E-state index in [1.807, 2.05) is 71.6 Å². The number of carbonyl (C=O) groups excluding carboxylic acids is 1. The van der Waals surface area contributed by atoms with Gasteiger partial charge in [-0.1, -0.05) is 42.5 Å². The topological polar surface area (TPSA) is 78.2 Å². The average Bonchev–Trinajstić information content (AvgIpc) is 3.56. The van der Waals surface area contributed by atoms with Crippen LogP contribution in [0.2, 0.25) is 0 Å². The Morgan fingerprint density at radius 1 is 0.914 bits per heavy atom. The number of rotatable bonds is 4. The molecule has 0 bridgehead atoms. The minimum Gasteiger partial charge on any atom is -0.497 e. The van der Waals surface area contributed by atoms with Gasteiger partial charge in [-0.25, -0.2) is 9.50 Å². The lowest BCUT2D eigenvalue weighted by molar-refractivity contribution is -0.181. The van der Waals surface area contributed by atoms with Crippen molar-refractivity contribution in [2.45, 2.75) is 18.6 Å². The molecule has 8 nitrogen and oxygen atoms in total. The first-order chi connectivity index (χ1) is 17.1. The number of likely N-dealkylation sites (tertiary alicyclic amines) is 1. The third-order valence-corrected chi connectivity index (χ3v) is 6.71. The minimum absolute atomic E-state index is 0.0860. The van der Waals surface area contributed by atoms with E-state index in [9.17, 15) is 4.79 Å². The molecule has 35 heavy (non-hydrogen) atoms. The summed E-state index contributed by atoms with van der Waals surface area (Å²) in [5, 5.41) is 4.77. The maximum Gasteiger partial charge on any atom is 0.272 e. The fourth-order valence-electron chi connectivity index (χ4n) is 4.81. The maximum absolute atomic E-state index is 13.8. The molecule has 4 heterocycles. The summed E-state index contributed by atoms with van der Waals surface area (Å²) in [7, 11) is 1.63. The van der Waals surface area contributed by atoms with Crippen LogP contribution in [0.1, 0.15) is 23.3 Å². The normalized spacial score (nSPS) is 17.2. The minimum atomic E-state index is -0.539. The van der Waals surface area contributed by atoms with Gasteiger partial charge in [0.1, 0.15) is 11.4 Å². The summed E-state index contributed by atoms with van der Waals surface area (Å²) in [4.78, 5) is 20.5. The molecule has 0 unspecified atom stereocenters. The van der Waals surface area contributed by atoms with Crippen molar-refractivity contribution in [3.05, 3.63) is 72.4 Å². The van der Waals surface area contributed by atoms with Crippen molar-refractivity contribution in [1.29, 1.82) is 0 Å². The number of hydrogen-bond acceptors (Lipinski definition) is 6. The molecule has 6 rings (SSSR count). The van der Waals surface area contributed by atoms with Gasteiger partial charge in [-0.2, -0.15) is 5.10 Å². The number of hydrogen-bond donors (Lipinski definition) is 0. The van der Waals surface area contributed by atoms with Gasteiger partial charge in [0.15, 0.2) is 11.4 Å². The quantitative estimate of drug-likeness (QED) is 0.448. The number of aromatic nitrogens is 3. The highest BCUT2D eigenvalue weighted by molar-refractivity contribution is 5.94. The second-order valence-electron chi connectivity index (χ2n) is 8.82. The Hall–Kier alpha value is -3.75. The fraction of sp³-hybridized carbons (Fsp3) is 0.296. The van der Waals surface area contributed by atoms with Gasteiger partial charge in [-0.15, -0.1) is 0 Å². The van der Waals surface area contributed by atoms with Crippen LogP contribution in [0.4, 0.5) is 0 Å².